The molecule has 0 aliphatic heterocycles. The zero-order valence-electron chi connectivity index (χ0n) is 54.0. The number of allylic oxidation sites excluding steroid dienone is 10. The summed E-state index contributed by atoms with van der Waals surface area (Å²) in [7, 11) is 1.49. The Hall–Kier alpha value is -2.29. The lowest BCUT2D eigenvalue weighted by Crippen LogP contribution is -2.37. The molecule has 474 valence electrons. The summed E-state index contributed by atoms with van der Waals surface area (Å²) in [6.07, 6.45) is 82.0. The molecule has 2 unspecified atom stereocenters. The largest absolute Gasteiger partial charge is 0.472 e. The molecule has 0 radical (unpaired) electrons. The highest BCUT2D eigenvalue weighted by atomic mass is 31.2. The van der Waals surface area contributed by atoms with Crippen molar-refractivity contribution in [3.05, 3.63) is 60.8 Å². The molecule has 1 N–H and O–H groups in total. The van der Waals surface area contributed by atoms with Gasteiger partial charge in [0.1, 0.15) is 19.8 Å². The maximum Gasteiger partial charge on any atom is 0.472 e. The summed E-state index contributed by atoms with van der Waals surface area (Å²) in [6.45, 7) is 4.36. The Morgan fingerprint density at radius 2 is 0.704 bits per heavy atom. The molecule has 0 aromatic rings. The van der Waals surface area contributed by atoms with Crippen molar-refractivity contribution in [3.63, 3.8) is 0 Å². The second-order valence-electron chi connectivity index (χ2n) is 24.5. The van der Waals surface area contributed by atoms with E-state index in [1.807, 2.05) is 21.1 Å². The number of carbonyl (C=O) groups excluding carboxylic acids is 2. The molecule has 0 heterocycles. The van der Waals surface area contributed by atoms with E-state index in [2.05, 4.69) is 74.6 Å². The minimum Gasteiger partial charge on any atom is -0.462 e. The first-order chi connectivity index (χ1) is 39.5. The van der Waals surface area contributed by atoms with Crippen LogP contribution in [0.5, 0.6) is 0 Å². The van der Waals surface area contributed by atoms with Crippen LogP contribution in [-0.2, 0) is 32.7 Å². The van der Waals surface area contributed by atoms with Crippen LogP contribution >= 0.6 is 7.82 Å². The van der Waals surface area contributed by atoms with Gasteiger partial charge in [0.15, 0.2) is 6.10 Å². The first-order valence-electron chi connectivity index (χ1n) is 34.5. The molecule has 0 aliphatic rings. The number of hydrogen-bond donors (Lipinski definition) is 1. The van der Waals surface area contributed by atoms with Gasteiger partial charge < -0.3 is 18.9 Å². The molecule has 2 atom stereocenters. The lowest BCUT2D eigenvalue weighted by Gasteiger charge is -2.24. The Labute approximate surface area is 502 Å². The number of quaternary nitrogens is 1. The van der Waals surface area contributed by atoms with Crippen molar-refractivity contribution >= 4 is 19.8 Å². The number of unbranched alkanes of at least 4 members (excludes halogenated alkanes) is 40. The summed E-state index contributed by atoms with van der Waals surface area (Å²) in [5, 5.41) is 0. The van der Waals surface area contributed by atoms with E-state index in [4.69, 9.17) is 18.5 Å². The molecule has 10 heteroatoms. The average Bonchev–Trinajstić information content (AvgIpc) is 3.43. The van der Waals surface area contributed by atoms with Gasteiger partial charge in [-0.3, -0.25) is 18.6 Å². The van der Waals surface area contributed by atoms with Gasteiger partial charge in [0.2, 0.25) is 0 Å². The van der Waals surface area contributed by atoms with Crippen LogP contribution in [0.4, 0.5) is 0 Å². The van der Waals surface area contributed by atoms with Gasteiger partial charge in [-0.1, -0.05) is 299 Å². The molecule has 9 nitrogen and oxygen atoms in total. The van der Waals surface area contributed by atoms with Crippen LogP contribution in [0.1, 0.15) is 328 Å². The van der Waals surface area contributed by atoms with Crippen molar-refractivity contribution in [1.29, 1.82) is 0 Å². The average molecular weight is 1160 g/mol. The highest BCUT2D eigenvalue weighted by molar-refractivity contribution is 7.47. The zero-order chi connectivity index (χ0) is 59.1. The van der Waals surface area contributed by atoms with Gasteiger partial charge in [0.25, 0.3) is 0 Å². The van der Waals surface area contributed by atoms with E-state index >= 15 is 0 Å². The van der Waals surface area contributed by atoms with Gasteiger partial charge >= 0.3 is 19.8 Å². The first-order valence-corrected chi connectivity index (χ1v) is 36.0. The monoisotopic (exact) mass is 1160 g/mol. The standard InChI is InChI=1S/C71H132NO8P/c1-6-8-10-12-14-16-18-20-22-24-26-27-28-29-30-31-32-33-34-35-36-37-38-39-40-41-42-43-44-45-46-48-50-52-54-56-58-60-62-64-71(74)80-69(68-79-81(75,76)78-66-65-72(3,4)5)67-77-70(73)63-61-59-57-55-53-51-49-47-25-23-21-19-17-15-13-11-9-7-2/h8,10,14,16,20,22-23,25-27,69H,6-7,9,11-13,15,17-19,21,24,28-68H2,1-5H3/p+1/b10-8-,16-14-,22-20-,25-23-,27-26-. The SMILES string of the molecule is CC/C=C\C/C=C\C/C=C\C/C=C\CCCCCCCCCCCCCCCCCCCCCCCCCCCCC(=O)OC(COC(=O)CCCCCCCCC/C=C\CCCCCCCCC)COP(=O)(O)OCC[N+](C)(C)C. The Morgan fingerprint density at radius 1 is 0.395 bits per heavy atom. The minimum absolute atomic E-state index is 0.0327. The summed E-state index contributed by atoms with van der Waals surface area (Å²) < 4.78 is 34.7. The molecule has 81 heavy (non-hydrogen) atoms. The Balaban J connectivity index is 3.91. The molecule has 0 aromatic carbocycles. The van der Waals surface area contributed by atoms with Crippen molar-refractivity contribution in [2.75, 3.05) is 47.5 Å². The van der Waals surface area contributed by atoms with E-state index in [9.17, 15) is 19.0 Å². The van der Waals surface area contributed by atoms with E-state index in [-0.39, 0.29) is 32.0 Å². The molecule has 0 fully saturated rings. The molecule has 0 aromatic heterocycles. The van der Waals surface area contributed by atoms with E-state index in [0.29, 0.717) is 17.4 Å². The fourth-order valence-electron chi connectivity index (χ4n) is 10.0. The third kappa shape index (κ3) is 66.7. The molecule has 0 saturated carbocycles. The quantitative estimate of drug-likeness (QED) is 0.0211. The minimum atomic E-state index is -4.39. The Kier molecular flexibility index (Phi) is 60.5. The van der Waals surface area contributed by atoms with Crippen LogP contribution < -0.4 is 0 Å². The van der Waals surface area contributed by atoms with Crippen LogP contribution in [0, 0.1) is 0 Å². The predicted octanol–water partition coefficient (Wildman–Crippen LogP) is 22.2. The van der Waals surface area contributed by atoms with E-state index in [1.54, 1.807) is 0 Å². The highest BCUT2D eigenvalue weighted by Crippen LogP contribution is 2.43. The van der Waals surface area contributed by atoms with Crippen LogP contribution in [0.25, 0.3) is 0 Å². The Bertz CT molecular complexity index is 1550. The molecular formula is C71H133NO8P+. The number of phosphoric ester groups is 1. The van der Waals surface area contributed by atoms with Crippen LogP contribution in [0.15, 0.2) is 60.8 Å². The second-order valence-corrected chi connectivity index (χ2v) is 26.0. The van der Waals surface area contributed by atoms with Gasteiger partial charge in [0.05, 0.1) is 27.7 Å². The number of hydrogen-bond acceptors (Lipinski definition) is 7. The number of likely N-dealkylation sites (N-methyl/N-ethyl adjacent to an activating group) is 1. The first kappa shape index (κ1) is 78.7. The number of esters is 2. The lowest BCUT2D eigenvalue weighted by atomic mass is 10.0. The van der Waals surface area contributed by atoms with E-state index in [1.165, 1.54) is 238 Å². The number of nitrogens with zero attached hydrogens (tertiary/aromatic N) is 1. The molecule has 0 spiro atoms. The summed E-state index contributed by atoms with van der Waals surface area (Å²) >= 11 is 0. The molecule has 0 saturated heterocycles. The van der Waals surface area contributed by atoms with Gasteiger partial charge in [0, 0.05) is 12.8 Å². The van der Waals surface area contributed by atoms with Gasteiger partial charge in [-0.05, 0) is 77.0 Å². The third-order valence-corrected chi connectivity index (χ3v) is 16.3. The van der Waals surface area contributed by atoms with Gasteiger partial charge in [-0.15, -0.1) is 0 Å². The van der Waals surface area contributed by atoms with E-state index in [0.717, 1.165) is 57.8 Å². The second kappa shape index (κ2) is 62.2. The maximum absolute atomic E-state index is 12.9. The van der Waals surface area contributed by atoms with Gasteiger partial charge in [-0.2, -0.15) is 0 Å². The number of ether oxygens (including phenoxy) is 2. The third-order valence-electron chi connectivity index (χ3n) is 15.3. The number of phosphoric acid groups is 1. The fraction of sp³-hybridized carbons (Fsp3) is 0.831. The molecular weight excluding hydrogens is 1030 g/mol. The predicted molar refractivity (Wildman–Crippen MR) is 349 cm³/mol. The van der Waals surface area contributed by atoms with Crippen molar-refractivity contribution in [1.82, 2.24) is 0 Å². The Morgan fingerprint density at radius 3 is 1.06 bits per heavy atom. The molecule has 0 bridgehead atoms. The normalized spacial score (nSPS) is 13.5. The van der Waals surface area contributed by atoms with Crippen molar-refractivity contribution < 1.29 is 42.1 Å². The summed E-state index contributed by atoms with van der Waals surface area (Å²) in [5.41, 5.74) is 0. The topological polar surface area (TPSA) is 108 Å². The van der Waals surface area contributed by atoms with Crippen LogP contribution in [-0.4, -0.2) is 74.9 Å². The van der Waals surface area contributed by atoms with Crippen LogP contribution in [0.2, 0.25) is 0 Å². The highest BCUT2D eigenvalue weighted by Gasteiger charge is 2.27. The molecule has 0 aliphatic carbocycles. The summed E-state index contributed by atoms with van der Waals surface area (Å²) in [5.74, 6) is -0.786. The number of rotatable bonds is 64. The fourth-order valence-corrected chi connectivity index (χ4v) is 10.7. The lowest BCUT2D eigenvalue weighted by molar-refractivity contribution is -0.870. The molecule has 0 amide bonds. The summed E-state index contributed by atoms with van der Waals surface area (Å²) in [4.78, 5) is 35.8. The van der Waals surface area contributed by atoms with Crippen molar-refractivity contribution in [2.24, 2.45) is 0 Å². The van der Waals surface area contributed by atoms with E-state index < -0.39 is 26.5 Å². The zero-order valence-corrected chi connectivity index (χ0v) is 54.9. The van der Waals surface area contributed by atoms with Crippen LogP contribution in [0.3, 0.4) is 0 Å². The smallest absolute Gasteiger partial charge is 0.462 e. The van der Waals surface area contributed by atoms with Crippen molar-refractivity contribution in [3.8, 4) is 0 Å². The van der Waals surface area contributed by atoms with Gasteiger partial charge in [-0.25, -0.2) is 4.57 Å². The maximum atomic E-state index is 12.9. The summed E-state index contributed by atoms with van der Waals surface area (Å²) in [6, 6.07) is 0. The molecule has 0 rings (SSSR count). The van der Waals surface area contributed by atoms with Crippen molar-refractivity contribution in [2.45, 2.75) is 335 Å². The number of carbonyl (C=O) groups is 2.